The number of nitrogen functional groups attached to an aromatic ring is 1. The summed E-state index contributed by atoms with van der Waals surface area (Å²) >= 11 is 1.13. The van der Waals surface area contributed by atoms with Crippen molar-refractivity contribution in [1.82, 2.24) is 9.97 Å². The zero-order valence-electron chi connectivity index (χ0n) is 6.29. The molecule has 1 aromatic rings. The van der Waals surface area contributed by atoms with E-state index in [-0.39, 0.29) is 16.5 Å². The molecule has 12 heavy (non-hydrogen) atoms. The van der Waals surface area contributed by atoms with Crippen LogP contribution < -0.4 is 5.73 Å². The van der Waals surface area contributed by atoms with Crippen LogP contribution in [-0.4, -0.2) is 16.2 Å². The molecule has 66 valence electrons. The monoisotopic (exact) mass is 191 g/mol. The lowest BCUT2D eigenvalue weighted by atomic mass is 10.4. The normalized spacial score (nSPS) is 10.7. The van der Waals surface area contributed by atoms with Gasteiger partial charge in [-0.05, 0) is 6.26 Å². The molecule has 3 nitrogen and oxygen atoms in total. The maximum atomic E-state index is 12.2. The van der Waals surface area contributed by atoms with E-state index in [9.17, 15) is 8.78 Å². The van der Waals surface area contributed by atoms with Crippen molar-refractivity contribution in [3.05, 3.63) is 11.8 Å². The summed E-state index contributed by atoms with van der Waals surface area (Å²) in [6.07, 6.45) is 0.167. The largest absolute Gasteiger partial charge is 0.368 e. The highest BCUT2D eigenvalue weighted by Gasteiger charge is 2.14. The number of nitrogens with two attached hydrogens (primary N) is 1. The van der Waals surface area contributed by atoms with Gasteiger partial charge in [-0.15, -0.1) is 11.8 Å². The third-order valence-electron chi connectivity index (χ3n) is 1.23. The highest BCUT2D eigenvalue weighted by Crippen LogP contribution is 2.26. The van der Waals surface area contributed by atoms with Crippen LogP contribution in [0.1, 0.15) is 12.0 Å². The van der Waals surface area contributed by atoms with Gasteiger partial charge >= 0.3 is 0 Å². The van der Waals surface area contributed by atoms with Crippen molar-refractivity contribution in [3.63, 3.8) is 0 Å². The molecule has 0 spiro atoms. The second-order valence-corrected chi connectivity index (χ2v) is 2.79. The van der Waals surface area contributed by atoms with Crippen molar-refractivity contribution in [1.29, 1.82) is 0 Å². The molecule has 0 fully saturated rings. The molecule has 0 unspecified atom stereocenters. The summed E-state index contributed by atoms with van der Waals surface area (Å²) in [4.78, 5) is 7.14. The fourth-order valence-electron chi connectivity index (χ4n) is 0.702. The first kappa shape index (κ1) is 9.18. The standard InChI is InChI=1S/C6H7F2N3S/c1-12-5-3(4(7)8)2-10-6(9)11-5/h2,4H,1H3,(H2,9,10,11). The van der Waals surface area contributed by atoms with E-state index < -0.39 is 6.43 Å². The summed E-state index contributed by atoms with van der Waals surface area (Å²) in [5.41, 5.74) is 5.05. The van der Waals surface area contributed by atoms with Gasteiger partial charge in [-0.3, -0.25) is 0 Å². The number of halogens is 2. The van der Waals surface area contributed by atoms with Gasteiger partial charge < -0.3 is 5.73 Å². The Labute approximate surface area is 72.4 Å². The van der Waals surface area contributed by atoms with Crippen LogP contribution in [0.4, 0.5) is 14.7 Å². The van der Waals surface area contributed by atoms with Crippen LogP contribution in [0.2, 0.25) is 0 Å². The highest BCUT2D eigenvalue weighted by molar-refractivity contribution is 7.98. The third kappa shape index (κ3) is 1.82. The Hall–Kier alpha value is -0.910. The van der Waals surface area contributed by atoms with E-state index in [1.807, 2.05) is 0 Å². The Kier molecular flexibility index (Phi) is 2.80. The van der Waals surface area contributed by atoms with Crippen LogP contribution in [0.5, 0.6) is 0 Å². The molecule has 6 heteroatoms. The number of alkyl halides is 2. The lowest BCUT2D eigenvalue weighted by Crippen LogP contribution is -1.99. The Morgan fingerprint density at radius 1 is 1.58 bits per heavy atom. The number of thioether (sulfide) groups is 1. The van der Waals surface area contributed by atoms with Gasteiger partial charge in [-0.2, -0.15) is 0 Å². The number of hydrogen-bond acceptors (Lipinski definition) is 4. The zero-order chi connectivity index (χ0) is 9.14. The smallest absolute Gasteiger partial charge is 0.267 e. The van der Waals surface area contributed by atoms with Crippen LogP contribution >= 0.6 is 11.8 Å². The topological polar surface area (TPSA) is 51.8 Å². The number of nitrogens with zero attached hydrogens (tertiary/aromatic N) is 2. The summed E-state index contributed by atoms with van der Waals surface area (Å²) in [6.45, 7) is 0. The summed E-state index contributed by atoms with van der Waals surface area (Å²) in [5.74, 6) is 0.0174. The molecule has 0 atom stereocenters. The minimum atomic E-state index is -2.55. The lowest BCUT2D eigenvalue weighted by molar-refractivity contribution is 0.147. The van der Waals surface area contributed by atoms with Crippen molar-refractivity contribution >= 4 is 17.7 Å². The number of hydrogen-bond donors (Lipinski definition) is 1. The molecule has 0 saturated heterocycles. The molecule has 0 aliphatic carbocycles. The van der Waals surface area contributed by atoms with Crippen molar-refractivity contribution in [2.75, 3.05) is 12.0 Å². The van der Waals surface area contributed by atoms with Gasteiger partial charge in [0.2, 0.25) is 5.95 Å². The van der Waals surface area contributed by atoms with E-state index in [1.165, 1.54) is 0 Å². The average Bonchev–Trinajstić information content (AvgIpc) is 2.03. The molecule has 0 aliphatic heterocycles. The van der Waals surface area contributed by atoms with E-state index in [4.69, 9.17) is 5.73 Å². The molecule has 1 heterocycles. The Balaban J connectivity index is 3.11. The van der Waals surface area contributed by atoms with Gasteiger partial charge in [0.05, 0.1) is 5.56 Å². The Morgan fingerprint density at radius 3 is 2.75 bits per heavy atom. The van der Waals surface area contributed by atoms with Gasteiger partial charge in [-0.25, -0.2) is 18.7 Å². The first-order chi connectivity index (χ1) is 5.65. The van der Waals surface area contributed by atoms with Crippen LogP contribution in [0.3, 0.4) is 0 Å². The molecule has 0 saturated carbocycles. The lowest BCUT2D eigenvalue weighted by Gasteiger charge is -2.04. The SMILES string of the molecule is CSc1nc(N)ncc1C(F)F. The predicted molar refractivity (Wildman–Crippen MR) is 43.2 cm³/mol. The van der Waals surface area contributed by atoms with Gasteiger partial charge in [0.1, 0.15) is 5.03 Å². The van der Waals surface area contributed by atoms with Crippen LogP contribution in [0.25, 0.3) is 0 Å². The van der Waals surface area contributed by atoms with Gasteiger partial charge in [0.15, 0.2) is 0 Å². The predicted octanol–water partition coefficient (Wildman–Crippen LogP) is 1.72. The fraction of sp³-hybridized carbons (Fsp3) is 0.333. The first-order valence-electron chi connectivity index (χ1n) is 3.09. The molecule has 0 amide bonds. The summed E-state index contributed by atoms with van der Waals surface area (Å²) in [6, 6.07) is 0. The molecule has 0 aromatic carbocycles. The third-order valence-corrected chi connectivity index (χ3v) is 1.94. The molecule has 0 radical (unpaired) electrons. The molecule has 1 aromatic heterocycles. The van der Waals surface area contributed by atoms with E-state index in [1.54, 1.807) is 6.26 Å². The first-order valence-corrected chi connectivity index (χ1v) is 4.32. The van der Waals surface area contributed by atoms with Crippen LogP contribution in [-0.2, 0) is 0 Å². The second-order valence-electron chi connectivity index (χ2n) is 1.99. The van der Waals surface area contributed by atoms with Crippen LogP contribution in [0, 0.1) is 0 Å². The number of rotatable bonds is 2. The van der Waals surface area contributed by atoms with Gasteiger partial charge in [0, 0.05) is 6.20 Å². The fourth-order valence-corrected chi connectivity index (χ4v) is 1.26. The van der Waals surface area contributed by atoms with Crippen molar-refractivity contribution in [2.24, 2.45) is 0 Å². The van der Waals surface area contributed by atoms with Crippen molar-refractivity contribution in [2.45, 2.75) is 11.5 Å². The summed E-state index contributed by atoms with van der Waals surface area (Å²) in [5, 5.41) is 0.234. The average molecular weight is 191 g/mol. The Bertz CT molecular complexity index is 279. The molecule has 2 N–H and O–H groups in total. The summed E-state index contributed by atoms with van der Waals surface area (Å²) < 4.78 is 24.4. The minimum absolute atomic E-state index is 0.0174. The van der Waals surface area contributed by atoms with E-state index in [0.29, 0.717) is 0 Å². The molecular weight excluding hydrogens is 184 g/mol. The van der Waals surface area contributed by atoms with E-state index in [0.717, 1.165) is 18.0 Å². The second kappa shape index (κ2) is 3.66. The van der Waals surface area contributed by atoms with E-state index >= 15 is 0 Å². The number of aromatic nitrogens is 2. The van der Waals surface area contributed by atoms with Gasteiger partial charge in [0.25, 0.3) is 6.43 Å². The number of anilines is 1. The zero-order valence-corrected chi connectivity index (χ0v) is 7.11. The van der Waals surface area contributed by atoms with Crippen molar-refractivity contribution in [3.8, 4) is 0 Å². The summed E-state index contributed by atoms with van der Waals surface area (Å²) in [7, 11) is 0. The molecule has 0 bridgehead atoms. The van der Waals surface area contributed by atoms with Gasteiger partial charge in [-0.1, -0.05) is 0 Å². The Morgan fingerprint density at radius 2 is 2.25 bits per heavy atom. The highest BCUT2D eigenvalue weighted by atomic mass is 32.2. The maximum absolute atomic E-state index is 12.2. The minimum Gasteiger partial charge on any atom is -0.368 e. The molecular formula is C6H7F2N3S. The van der Waals surface area contributed by atoms with Crippen LogP contribution in [0.15, 0.2) is 11.2 Å². The molecule has 1 rings (SSSR count). The van der Waals surface area contributed by atoms with E-state index in [2.05, 4.69) is 9.97 Å². The maximum Gasteiger partial charge on any atom is 0.267 e. The van der Waals surface area contributed by atoms with Crippen molar-refractivity contribution < 1.29 is 8.78 Å². The molecule has 0 aliphatic rings. The quantitative estimate of drug-likeness (QED) is 0.571.